The van der Waals surface area contributed by atoms with Crippen LogP contribution in [0.4, 0.5) is 11.4 Å². The Hall–Kier alpha value is -1.11. The van der Waals surface area contributed by atoms with Crippen LogP contribution in [0.3, 0.4) is 0 Å². The van der Waals surface area contributed by atoms with E-state index >= 15 is 0 Å². The number of nitrogens with zero attached hydrogens (tertiary/aromatic N) is 1. The summed E-state index contributed by atoms with van der Waals surface area (Å²) in [5.74, 6) is 0. The molecule has 5 nitrogen and oxygen atoms in total. The summed E-state index contributed by atoms with van der Waals surface area (Å²) >= 11 is -1.86. The average molecular weight is 271 g/mol. The molecule has 0 aliphatic carbocycles. The molecule has 1 unspecified atom stereocenters. The van der Waals surface area contributed by atoms with E-state index in [1.54, 1.807) is 7.05 Å². The molecule has 0 spiro atoms. The van der Waals surface area contributed by atoms with Gasteiger partial charge in [0.2, 0.25) is 11.3 Å². The number of hydrogen-bond donors (Lipinski definition) is 3. The third-order valence-electron chi connectivity index (χ3n) is 2.77. The first-order valence-electron chi connectivity index (χ1n) is 5.93. The number of anilines is 2. The predicted molar refractivity (Wildman–Crippen MR) is 76.7 cm³/mol. The van der Waals surface area contributed by atoms with Crippen LogP contribution in [0.5, 0.6) is 0 Å². The number of nitrogens with two attached hydrogens (primary N) is 1. The zero-order chi connectivity index (χ0) is 13.5. The molecule has 18 heavy (non-hydrogen) atoms. The minimum Gasteiger partial charge on any atom is -0.399 e. The van der Waals surface area contributed by atoms with Crippen molar-refractivity contribution >= 4 is 22.6 Å². The van der Waals surface area contributed by atoms with Crippen molar-refractivity contribution in [3.8, 4) is 0 Å². The normalized spacial score (nSPS) is 12.7. The first kappa shape index (κ1) is 14.9. The number of aryl methyl sites for hydroxylation is 1. The van der Waals surface area contributed by atoms with Gasteiger partial charge in [-0.1, -0.05) is 0 Å². The summed E-state index contributed by atoms with van der Waals surface area (Å²) in [5.41, 5.74) is 8.66. The van der Waals surface area contributed by atoms with Gasteiger partial charge in [0.15, 0.2) is 0 Å². The molecule has 102 valence electrons. The van der Waals surface area contributed by atoms with E-state index in [2.05, 4.69) is 5.32 Å². The molecule has 1 rings (SSSR count). The van der Waals surface area contributed by atoms with Crippen LogP contribution < -0.4 is 11.1 Å². The number of benzene rings is 1. The maximum Gasteiger partial charge on any atom is 0.234 e. The van der Waals surface area contributed by atoms with Gasteiger partial charge in [-0.2, -0.15) is 0 Å². The fourth-order valence-corrected chi connectivity index (χ4v) is 1.84. The predicted octanol–water partition coefficient (Wildman–Crippen LogP) is 1.84. The number of nitrogen functional groups attached to an aromatic ring is 1. The molecule has 0 saturated carbocycles. The van der Waals surface area contributed by atoms with Gasteiger partial charge in [0, 0.05) is 31.5 Å². The molecule has 0 saturated heterocycles. The van der Waals surface area contributed by atoms with E-state index in [4.69, 9.17) is 10.3 Å². The van der Waals surface area contributed by atoms with Crippen molar-refractivity contribution in [2.75, 3.05) is 31.2 Å². The van der Waals surface area contributed by atoms with Crippen LogP contribution in [0.1, 0.15) is 18.4 Å². The molecule has 0 radical (unpaired) electrons. The summed E-state index contributed by atoms with van der Waals surface area (Å²) in [4.78, 5) is 0. The Morgan fingerprint density at radius 2 is 2.17 bits per heavy atom. The van der Waals surface area contributed by atoms with Gasteiger partial charge in [0.1, 0.15) is 0 Å². The van der Waals surface area contributed by atoms with Crippen LogP contribution in [-0.2, 0) is 11.3 Å². The molecule has 0 heterocycles. The van der Waals surface area contributed by atoms with E-state index in [0.717, 1.165) is 36.3 Å². The zero-order valence-electron chi connectivity index (χ0n) is 10.8. The highest BCUT2D eigenvalue weighted by Gasteiger charge is 2.02. The van der Waals surface area contributed by atoms with Gasteiger partial charge in [-0.3, -0.25) is 4.55 Å². The summed E-state index contributed by atoms with van der Waals surface area (Å²) in [6.45, 7) is 3.44. The lowest BCUT2D eigenvalue weighted by molar-refractivity contribution is 0.438. The lowest BCUT2D eigenvalue weighted by Gasteiger charge is -2.11. The second kappa shape index (κ2) is 7.35. The summed E-state index contributed by atoms with van der Waals surface area (Å²) in [6.07, 6.45) is 1.83. The van der Waals surface area contributed by atoms with Crippen molar-refractivity contribution in [3.63, 3.8) is 0 Å². The molecule has 4 N–H and O–H groups in total. The second-order valence-electron chi connectivity index (χ2n) is 4.29. The molecular weight excluding hydrogens is 250 g/mol. The molecule has 1 atom stereocenters. The topological polar surface area (TPSA) is 78.6 Å². The van der Waals surface area contributed by atoms with Crippen LogP contribution in [0.15, 0.2) is 18.2 Å². The number of rotatable bonds is 7. The second-order valence-corrected chi connectivity index (χ2v) is 5.37. The molecule has 0 aromatic heterocycles. The summed E-state index contributed by atoms with van der Waals surface area (Å²) < 4.78 is 20.9. The quantitative estimate of drug-likeness (QED) is 0.402. The maximum atomic E-state index is 10.7. The Morgan fingerprint density at radius 3 is 2.78 bits per heavy atom. The molecule has 0 aliphatic rings. The minimum atomic E-state index is -1.86. The van der Waals surface area contributed by atoms with E-state index in [-0.39, 0.29) is 0 Å². The van der Waals surface area contributed by atoms with Gasteiger partial charge in [0.25, 0.3) is 0 Å². The van der Waals surface area contributed by atoms with Crippen molar-refractivity contribution in [1.29, 1.82) is 0 Å². The van der Waals surface area contributed by atoms with Crippen molar-refractivity contribution < 1.29 is 8.76 Å². The largest absolute Gasteiger partial charge is 0.399 e. The number of hydrogen-bond acceptors (Lipinski definition) is 3. The lowest BCUT2D eigenvalue weighted by atomic mass is 10.2. The Bertz CT molecular complexity index is 412. The van der Waals surface area contributed by atoms with Gasteiger partial charge in [-0.15, -0.1) is 0 Å². The van der Waals surface area contributed by atoms with Crippen LogP contribution in [0.2, 0.25) is 0 Å². The SMILES string of the molecule is Cc1cc(NCCCCN(C)S(=O)O)ccc1N. The number of unbranched alkanes of at least 4 members (excludes halogenated alkanes) is 1. The summed E-state index contributed by atoms with van der Waals surface area (Å²) in [5, 5.41) is 3.30. The minimum absolute atomic E-state index is 0.617. The Balaban J connectivity index is 2.22. The Kier molecular flexibility index (Phi) is 6.11. The molecule has 0 amide bonds. The van der Waals surface area contributed by atoms with Crippen molar-refractivity contribution in [1.82, 2.24) is 4.31 Å². The lowest BCUT2D eigenvalue weighted by Crippen LogP contribution is -2.22. The van der Waals surface area contributed by atoms with Gasteiger partial charge >= 0.3 is 0 Å². The van der Waals surface area contributed by atoms with Crippen molar-refractivity contribution in [3.05, 3.63) is 23.8 Å². The first-order valence-corrected chi connectivity index (χ1v) is 6.99. The van der Waals surface area contributed by atoms with E-state index in [1.165, 1.54) is 4.31 Å². The average Bonchev–Trinajstić information content (AvgIpc) is 2.32. The fraction of sp³-hybridized carbons (Fsp3) is 0.500. The van der Waals surface area contributed by atoms with Crippen molar-refractivity contribution in [2.24, 2.45) is 0 Å². The highest BCUT2D eigenvalue weighted by Crippen LogP contribution is 2.16. The van der Waals surface area contributed by atoms with Gasteiger partial charge in [0.05, 0.1) is 0 Å². The van der Waals surface area contributed by atoms with E-state index < -0.39 is 11.3 Å². The van der Waals surface area contributed by atoms with Crippen LogP contribution >= 0.6 is 0 Å². The molecule has 0 bridgehead atoms. The van der Waals surface area contributed by atoms with Crippen LogP contribution in [-0.4, -0.2) is 33.2 Å². The Labute approximate surface area is 111 Å². The smallest absolute Gasteiger partial charge is 0.234 e. The highest BCUT2D eigenvalue weighted by atomic mass is 32.2. The fourth-order valence-electron chi connectivity index (χ4n) is 1.56. The van der Waals surface area contributed by atoms with E-state index in [1.807, 2.05) is 25.1 Å². The van der Waals surface area contributed by atoms with Gasteiger partial charge in [-0.05, 0) is 43.5 Å². The molecule has 0 fully saturated rings. The monoisotopic (exact) mass is 271 g/mol. The maximum absolute atomic E-state index is 10.7. The third kappa shape index (κ3) is 5.03. The molecule has 1 aromatic rings. The van der Waals surface area contributed by atoms with Gasteiger partial charge < -0.3 is 11.1 Å². The zero-order valence-corrected chi connectivity index (χ0v) is 11.7. The summed E-state index contributed by atoms with van der Waals surface area (Å²) in [7, 11) is 1.63. The molecular formula is C12H21N3O2S. The Morgan fingerprint density at radius 1 is 1.44 bits per heavy atom. The molecule has 6 heteroatoms. The third-order valence-corrected chi connectivity index (χ3v) is 3.48. The van der Waals surface area contributed by atoms with E-state index in [9.17, 15) is 4.21 Å². The standard InChI is InChI=1S/C12H21N3O2S/c1-10-9-11(5-6-12(10)13)14-7-3-4-8-15(2)18(16)17/h5-6,9,14H,3-4,7-8,13H2,1-2H3,(H,16,17). The first-order chi connectivity index (χ1) is 8.50. The highest BCUT2D eigenvalue weighted by molar-refractivity contribution is 7.76. The van der Waals surface area contributed by atoms with Gasteiger partial charge in [-0.25, -0.2) is 8.51 Å². The van der Waals surface area contributed by atoms with Crippen molar-refractivity contribution in [2.45, 2.75) is 19.8 Å². The number of nitrogens with one attached hydrogen (secondary N) is 1. The van der Waals surface area contributed by atoms with Crippen LogP contribution in [0.25, 0.3) is 0 Å². The molecule has 0 aliphatic heterocycles. The molecule has 1 aromatic carbocycles. The van der Waals surface area contributed by atoms with E-state index in [0.29, 0.717) is 6.54 Å². The summed E-state index contributed by atoms with van der Waals surface area (Å²) in [6, 6.07) is 5.86. The van der Waals surface area contributed by atoms with Crippen LogP contribution in [0, 0.1) is 6.92 Å².